The molecule has 4 rings (SSSR count). The Morgan fingerprint density at radius 2 is 1.88 bits per heavy atom. The minimum atomic E-state index is -4.17. The number of sulfonamides is 1. The lowest BCUT2D eigenvalue weighted by molar-refractivity contribution is 0.256. The van der Waals surface area contributed by atoms with Crippen LogP contribution in [0.15, 0.2) is 67.2 Å². The Morgan fingerprint density at radius 3 is 2.55 bits per heavy atom. The number of nitrogens with one attached hydrogen (secondary N) is 3. The van der Waals surface area contributed by atoms with Gasteiger partial charge in [-0.15, -0.1) is 24.0 Å². The first-order valence-electron chi connectivity index (χ1n) is 8.92. The second-order valence-corrected chi connectivity index (χ2v) is 10.7. The quantitative estimate of drug-likeness (QED) is 0.303. The lowest BCUT2D eigenvalue weighted by Gasteiger charge is -2.11. The third kappa shape index (κ3) is 4.66. The Balaban J connectivity index is 1.62. The number of fused-ring (bicyclic) bond motifs is 1. The minimum Gasteiger partial charge on any atom is -0.307 e. The Kier molecular flexibility index (Phi) is 6.05. The number of halogens is 2. The maximum absolute atomic E-state index is 14.8. The SMILES string of the molecule is O=C(Nc1ccc(-n2c(=O)[nH]c3ccc(S)cc3c2=O)c(F)c1)NS(=O)(=O)c1ccc(Cl)s1. The molecule has 2 aromatic carbocycles. The smallest absolute Gasteiger partial charge is 0.307 e. The van der Waals surface area contributed by atoms with E-state index in [1.165, 1.54) is 30.3 Å². The van der Waals surface area contributed by atoms with Gasteiger partial charge in [0.05, 0.1) is 20.9 Å². The highest BCUT2D eigenvalue weighted by Gasteiger charge is 2.20. The number of aromatic amines is 1. The number of carbonyl (C=O) groups excluding carboxylic acids is 1. The molecule has 0 atom stereocenters. The topological polar surface area (TPSA) is 130 Å². The first kappa shape index (κ1) is 23.0. The lowest BCUT2D eigenvalue weighted by Crippen LogP contribution is -2.35. The highest BCUT2D eigenvalue weighted by molar-refractivity contribution is 7.92. The van der Waals surface area contributed by atoms with E-state index in [9.17, 15) is 27.2 Å². The van der Waals surface area contributed by atoms with E-state index in [0.717, 1.165) is 23.5 Å². The summed E-state index contributed by atoms with van der Waals surface area (Å²) < 4.78 is 41.6. The number of rotatable bonds is 4. The first-order chi connectivity index (χ1) is 15.5. The summed E-state index contributed by atoms with van der Waals surface area (Å²) in [5, 5.41) is 2.31. The number of thiophene rings is 1. The van der Waals surface area contributed by atoms with Crippen LogP contribution in [0.5, 0.6) is 0 Å². The first-order valence-corrected chi connectivity index (χ1v) is 12.0. The zero-order valence-corrected chi connectivity index (χ0v) is 19.4. The molecule has 0 aliphatic heterocycles. The lowest BCUT2D eigenvalue weighted by atomic mass is 10.2. The molecule has 2 aromatic heterocycles. The molecule has 0 radical (unpaired) electrons. The summed E-state index contributed by atoms with van der Waals surface area (Å²) in [5.74, 6) is -1.00. The van der Waals surface area contributed by atoms with Crippen molar-refractivity contribution in [2.45, 2.75) is 9.10 Å². The van der Waals surface area contributed by atoms with Crippen LogP contribution >= 0.6 is 35.6 Å². The van der Waals surface area contributed by atoms with Crippen LogP contribution in [0.4, 0.5) is 14.9 Å². The van der Waals surface area contributed by atoms with Gasteiger partial charge in [-0.05, 0) is 48.5 Å². The van der Waals surface area contributed by atoms with Crippen LogP contribution in [-0.4, -0.2) is 24.0 Å². The fraction of sp³-hybridized carbons (Fsp3) is 0. The molecule has 0 bridgehead atoms. The second kappa shape index (κ2) is 8.67. The highest BCUT2D eigenvalue weighted by Crippen LogP contribution is 2.25. The zero-order chi connectivity index (χ0) is 23.9. The number of aromatic nitrogens is 2. The predicted molar refractivity (Wildman–Crippen MR) is 126 cm³/mol. The molecule has 3 N–H and O–H groups in total. The second-order valence-electron chi connectivity index (χ2n) is 6.58. The van der Waals surface area contributed by atoms with Gasteiger partial charge in [-0.1, -0.05) is 11.6 Å². The molecule has 170 valence electrons. The average molecular weight is 527 g/mol. The number of carbonyl (C=O) groups is 1. The van der Waals surface area contributed by atoms with E-state index in [1.54, 1.807) is 10.8 Å². The van der Waals surface area contributed by atoms with Crippen molar-refractivity contribution in [3.8, 4) is 5.69 Å². The Hall–Kier alpha value is -3.13. The van der Waals surface area contributed by atoms with E-state index in [2.05, 4.69) is 22.9 Å². The number of anilines is 1. The molecular weight excluding hydrogens is 515 g/mol. The van der Waals surface area contributed by atoms with Gasteiger partial charge in [0.2, 0.25) is 0 Å². The van der Waals surface area contributed by atoms with Crippen molar-refractivity contribution in [1.29, 1.82) is 0 Å². The van der Waals surface area contributed by atoms with E-state index in [0.29, 0.717) is 9.46 Å². The summed E-state index contributed by atoms with van der Waals surface area (Å²) in [5.41, 5.74) is -1.83. The van der Waals surface area contributed by atoms with Gasteiger partial charge in [0.1, 0.15) is 10.0 Å². The fourth-order valence-corrected chi connectivity index (χ4v) is 5.55. The van der Waals surface area contributed by atoms with E-state index in [1.807, 2.05) is 0 Å². The summed E-state index contributed by atoms with van der Waals surface area (Å²) in [6.07, 6.45) is 0. The Bertz CT molecular complexity index is 1650. The summed E-state index contributed by atoms with van der Waals surface area (Å²) in [7, 11) is -4.17. The molecule has 2 amide bonds. The van der Waals surface area contributed by atoms with Crippen LogP contribution in [0.3, 0.4) is 0 Å². The third-order valence-corrected chi connectivity index (χ3v) is 7.70. The number of urea groups is 1. The average Bonchev–Trinajstić information content (AvgIpc) is 3.17. The molecule has 0 saturated heterocycles. The fourth-order valence-electron chi connectivity index (χ4n) is 2.96. The standard InChI is InChI=1S/C19H12ClFN4O5S3/c20-15-5-6-16(32-15)33(29,30)24-18(27)22-9-1-4-14(12(21)7-9)25-17(26)11-8-10(31)2-3-13(11)23-19(25)28/h1-8,31H,(H,23,28)(H2,22,24,27). The van der Waals surface area contributed by atoms with Crippen LogP contribution < -0.4 is 21.3 Å². The van der Waals surface area contributed by atoms with Gasteiger partial charge in [-0.25, -0.2) is 31.7 Å². The van der Waals surface area contributed by atoms with Crippen molar-refractivity contribution in [2.75, 3.05) is 5.32 Å². The number of hydrogen-bond acceptors (Lipinski definition) is 7. The summed E-state index contributed by atoms with van der Waals surface area (Å²) in [6.45, 7) is 0. The number of thiol groups is 1. The number of nitrogens with zero attached hydrogens (tertiary/aromatic N) is 1. The largest absolute Gasteiger partial charge is 0.333 e. The molecule has 9 nitrogen and oxygen atoms in total. The van der Waals surface area contributed by atoms with E-state index in [4.69, 9.17) is 11.6 Å². The van der Waals surface area contributed by atoms with Crippen molar-refractivity contribution >= 4 is 68.2 Å². The molecule has 0 spiro atoms. The monoisotopic (exact) mass is 526 g/mol. The molecule has 0 unspecified atom stereocenters. The Morgan fingerprint density at radius 1 is 1.12 bits per heavy atom. The molecule has 0 aliphatic rings. The molecule has 4 aromatic rings. The molecular formula is C19H12ClFN4O5S3. The summed E-state index contributed by atoms with van der Waals surface area (Å²) >= 11 is 10.6. The van der Waals surface area contributed by atoms with E-state index < -0.39 is 33.1 Å². The van der Waals surface area contributed by atoms with Gasteiger partial charge in [0, 0.05) is 10.6 Å². The van der Waals surface area contributed by atoms with Gasteiger partial charge in [0.25, 0.3) is 15.6 Å². The minimum absolute atomic E-state index is 0.115. The van der Waals surface area contributed by atoms with E-state index in [-0.39, 0.29) is 30.8 Å². The van der Waals surface area contributed by atoms with Crippen molar-refractivity contribution in [3.05, 3.63) is 79.5 Å². The molecule has 2 heterocycles. The Labute approximate surface area is 199 Å². The van der Waals surface area contributed by atoms with Crippen molar-refractivity contribution in [2.24, 2.45) is 0 Å². The number of benzene rings is 2. The molecule has 33 heavy (non-hydrogen) atoms. The molecule has 0 fully saturated rings. The zero-order valence-electron chi connectivity index (χ0n) is 16.1. The van der Waals surface area contributed by atoms with Crippen molar-refractivity contribution < 1.29 is 17.6 Å². The van der Waals surface area contributed by atoms with Crippen LogP contribution in [-0.2, 0) is 10.0 Å². The molecule has 0 aliphatic carbocycles. The third-order valence-electron chi connectivity index (χ3n) is 4.37. The van der Waals surface area contributed by atoms with Gasteiger partial charge in [-0.2, -0.15) is 0 Å². The summed E-state index contributed by atoms with van der Waals surface area (Å²) in [4.78, 5) is 40.3. The number of H-pyrrole nitrogens is 1. The number of hydrogen-bond donors (Lipinski definition) is 4. The normalized spacial score (nSPS) is 11.5. The number of amides is 2. The van der Waals surface area contributed by atoms with Crippen LogP contribution in [0.2, 0.25) is 4.34 Å². The van der Waals surface area contributed by atoms with Gasteiger partial charge < -0.3 is 10.3 Å². The van der Waals surface area contributed by atoms with E-state index >= 15 is 0 Å². The van der Waals surface area contributed by atoms with Gasteiger partial charge in [-0.3, -0.25) is 4.79 Å². The van der Waals surface area contributed by atoms with Gasteiger partial charge >= 0.3 is 11.7 Å². The van der Waals surface area contributed by atoms with Crippen LogP contribution in [0.25, 0.3) is 16.6 Å². The molecule has 0 saturated carbocycles. The van der Waals surface area contributed by atoms with Gasteiger partial charge in [0.15, 0.2) is 0 Å². The van der Waals surface area contributed by atoms with Crippen molar-refractivity contribution in [1.82, 2.24) is 14.3 Å². The van der Waals surface area contributed by atoms with Crippen molar-refractivity contribution in [3.63, 3.8) is 0 Å². The highest BCUT2D eigenvalue weighted by atomic mass is 35.5. The molecule has 14 heteroatoms. The maximum atomic E-state index is 14.8. The van der Waals surface area contributed by atoms with Crippen LogP contribution in [0.1, 0.15) is 0 Å². The predicted octanol–water partition coefficient (Wildman–Crippen LogP) is 3.33. The van der Waals surface area contributed by atoms with Crippen LogP contribution in [0, 0.1) is 5.82 Å². The maximum Gasteiger partial charge on any atom is 0.333 e. The summed E-state index contributed by atoms with van der Waals surface area (Å²) in [6, 6.07) is 9.13.